The molecule has 17 heavy (non-hydrogen) atoms. The number of ether oxygens (including phenoxy) is 2. The number of fused-ring (bicyclic) bond motifs is 1. The van der Waals surface area contributed by atoms with Crippen LogP contribution in [0.25, 0.3) is 11.0 Å². The van der Waals surface area contributed by atoms with Crippen molar-refractivity contribution in [2.24, 2.45) is 0 Å². The van der Waals surface area contributed by atoms with E-state index in [0.717, 1.165) is 9.64 Å². The first-order valence-electron chi connectivity index (χ1n) is 4.70. The Morgan fingerprint density at radius 1 is 1.47 bits per heavy atom. The number of hydrogen-bond acceptors (Lipinski definition) is 5. The molecule has 1 aromatic carbocycles. The molecule has 1 N–H and O–H groups in total. The Kier molecular flexibility index (Phi) is 3.53. The van der Waals surface area contributed by atoms with Crippen molar-refractivity contribution in [2.75, 3.05) is 13.9 Å². The van der Waals surface area contributed by atoms with Crippen LogP contribution in [0.2, 0.25) is 0 Å². The maximum atomic E-state index is 11.2. The van der Waals surface area contributed by atoms with E-state index < -0.39 is 5.63 Å². The summed E-state index contributed by atoms with van der Waals surface area (Å²) in [6.07, 6.45) is 0. The van der Waals surface area contributed by atoms with Crippen LogP contribution in [-0.4, -0.2) is 19.0 Å². The Morgan fingerprint density at radius 2 is 2.24 bits per heavy atom. The lowest BCUT2D eigenvalue weighted by Gasteiger charge is -2.09. The highest BCUT2D eigenvalue weighted by Gasteiger charge is 2.13. The average Bonchev–Trinajstić information content (AvgIpc) is 2.27. The molecule has 1 aromatic heterocycles. The molecule has 6 heteroatoms. The second kappa shape index (κ2) is 4.92. The van der Waals surface area contributed by atoms with Crippen LogP contribution in [-0.2, 0) is 4.74 Å². The Bertz CT molecular complexity index is 605. The normalized spacial score (nSPS) is 10.7. The first-order valence-corrected chi connectivity index (χ1v) is 5.78. The van der Waals surface area contributed by atoms with E-state index in [1.165, 1.54) is 7.11 Å². The predicted molar refractivity (Wildman–Crippen MR) is 69.4 cm³/mol. The van der Waals surface area contributed by atoms with Crippen molar-refractivity contribution in [1.82, 2.24) is 0 Å². The third kappa shape index (κ3) is 2.37. The summed E-state index contributed by atoms with van der Waals surface area (Å²) < 4.78 is 16.0. The minimum absolute atomic E-state index is 0.0362. The SMILES string of the molecule is COCOc1c(I)ccc2c(O)cc(=O)oc12. The summed E-state index contributed by atoms with van der Waals surface area (Å²) in [4.78, 5) is 11.2. The Hall–Kier alpha value is -1.28. The van der Waals surface area contributed by atoms with Crippen LogP contribution in [0, 0.1) is 3.57 Å². The highest BCUT2D eigenvalue weighted by atomic mass is 127. The van der Waals surface area contributed by atoms with Crippen molar-refractivity contribution in [1.29, 1.82) is 0 Å². The van der Waals surface area contributed by atoms with Crippen molar-refractivity contribution in [2.45, 2.75) is 0 Å². The number of aromatic hydroxyl groups is 1. The van der Waals surface area contributed by atoms with E-state index in [4.69, 9.17) is 13.9 Å². The van der Waals surface area contributed by atoms with Gasteiger partial charge in [-0.3, -0.25) is 0 Å². The maximum Gasteiger partial charge on any atom is 0.340 e. The molecule has 2 aromatic rings. The standard InChI is InChI=1S/C11H9IO5/c1-15-5-16-11-7(12)3-2-6-8(13)4-9(14)17-10(6)11/h2-4,13H,5H2,1H3. The van der Waals surface area contributed by atoms with Gasteiger partial charge >= 0.3 is 5.63 Å². The zero-order valence-corrected chi connectivity index (χ0v) is 11.1. The van der Waals surface area contributed by atoms with Gasteiger partial charge in [-0.2, -0.15) is 0 Å². The van der Waals surface area contributed by atoms with E-state index >= 15 is 0 Å². The molecule has 2 rings (SSSR count). The van der Waals surface area contributed by atoms with Gasteiger partial charge in [0.25, 0.3) is 0 Å². The Labute approximate surface area is 110 Å². The Morgan fingerprint density at radius 3 is 2.94 bits per heavy atom. The number of rotatable bonds is 3. The van der Waals surface area contributed by atoms with Crippen LogP contribution in [0.1, 0.15) is 0 Å². The van der Waals surface area contributed by atoms with Crippen molar-refractivity contribution in [3.8, 4) is 11.5 Å². The molecule has 5 nitrogen and oxygen atoms in total. The first-order chi connectivity index (χ1) is 8.13. The maximum absolute atomic E-state index is 11.2. The van der Waals surface area contributed by atoms with E-state index in [1.807, 2.05) is 22.6 Å². The van der Waals surface area contributed by atoms with E-state index in [2.05, 4.69) is 0 Å². The van der Waals surface area contributed by atoms with Crippen LogP contribution < -0.4 is 10.4 Å². The van der Waals surface area contributed by atoms with Gasteiger partial charge in [0.1, 0.15) is 5.75 Å². The van der Waals surface area contributed by atoms with E-state index in [-0.39, 0.29) is 18.1 Å². The molecule has 0 spiro atoms. The van der Waals surface area contributed by atoms with Crippen LogP contribution in [0.3, 0.4) is 0 Å². The summed E-state index contributed by atoms with van der Waals surface area (Å²) in [6.45, 7) is 0.0362. The lowest BCUT2D eigenvalue weighted by atomic mass is 10.2. The van der Waals surface area contributed by atoms with Crippen molar-refractivity contribution in [3.63, 3.8) is 0 Å². The molecule has 0 aliphatic heterocycles. The van der Waals surface area contributed by atoms with Gasteiger partial charge in [-0.15, -0.1) is 0 Å². The van der Waals surface area contributed by atoms with Gasteiger partial charge in [-0.05, 0) is 34.7 Å². The quantitative estimate of drug-likeness (QED) is 0.523. The zero-order valence-electron chi connectivity index (χ0n) is 8.90. The van der Waals surface area contributed by atoms with Gasteiger partial charge in [0.2, 0.25) is 0 Å². The van der Waals surface area contributed by atoms with Crippen LogP contribution >= 0.6 is 22.6 Å². The fourth-order valence-corrected chi connectivity index (χ4v) is 1.99. The van der Waals surface area contributed by atoms with Gasteiger partial charge in [-0.25, -0.2) is 4.79 Å². The number of hydrogen-bond donors (Lipinski definition) is 1. The number of benzene rings is 1. The molecule has 0 unspecified atom stereocenters. The van der Waals surface area contributed by atoms with Crippen molar-refractivity contribution < 1.29 is 19.0 Å². The lowest BCUT2D eigenvalue weighted by Crippen LogP contribution is -2.03. The predicted octanol–water partition coefficient (Wildman–Crippen LogP) is 2.09. The molecule has 0 aliphatic carbocycles. The number of methoxy groups -OCH3 is 1. The van der Waals surface area contributed by atoms with Crippen molar-refractivity contribution >= 4 is 33.6 Å². The summed E-state index contributed by atoms with van der Waals surface area (Å²) in [5, 5.41) is 10.1. The smallest absolute Gasteiger partial charge is 0.340 e. The van der Waals surface area contributed by atoms with Crippen LogP contribution in [0.5, 0.6) is 11.5 Å². The summed E-state index contributed by atoms with van der Waals surface area (Å²) in [7, 11) is 1.49. The first kappa shape index (κ1) is 12.2. The second-order valence-corrected chi connectivity index (χ2v) is 4.42. The molecule has 0 saturated carbocycles. The Balaban J connectivity index is 2.70. The third-order valence-corrected chi connectivity index (χ3v) is 2.97. The summed E-state index contributed by atoms with van der Waals surface area (Å²) >= 11 is 2.05. The van der Waals surface area contributed by atoms with Crippen LogP contribution in [0.4, 0.5) is 0 Å². The number of halogens is 1. The molecule has 1 heterocycles. The van der Waals surface area contributed by atoms with Gasteiger partial charge in [0.05, 0.1) is 15.0 Å². The molecule has 0 amide bonds. The third-order valence-electron chi connectivity index (χ3n) is 2.12. The van der Waals surface area contributed by atoms with E-state index in [9.17, 15) is 9.90 Å². The summed E-state index contributed by atoms with van der Waals surface area (Å²) in [5.74, 6) is 0.257. The minimum atomic E-state index is -0.626. The van der Waals surface area contributed by atoms with Gasteiger partial charge < -0.3 is 19.0 Å². The minimum Gasteiger partial charge on any atom is -0.507 e. The fourth-order valence-electron chi connectivity index (χ4n) is 1.41. The molecule has 0 aliphatic rings. The monoisotopic (exact) mass is 348 g/mol. The molecular weight excluding hydrogens is 339 g/mol. The molecule has 0 saturated heterocycles. The second-order valence-electron chi connectivity index (χ2n) is 3.25. The highest BCUT2D eigenvalue weighted by Crippen LogP contribution is 2.33. The topological polar surface area (TPSA) is 68.9 Å². The highest BCUT2D eigenvalue weighted by molar-refractivity contribution is 14.1. The van der Waals surface area contributed by atoms with E-state index in [1.54, 1.807) is 12.1 Å². The molecule has 0 radical (unpaired) electrons. The fraction of sp³-hybridized carbons (Fsp3) is 0.182. The molecular formula is C11H9IO5. The summed E-state index contributed by atoms with van der Waals surface area (Å²) in [6, 6.07) is 4.44. The van der Waals surface area contributed by atoms with Gasteiger partial charge in [0.15, 0.2) is 18.1 Å². The van der Waals surface area contributed by atoms with Gasteiger partial charge in [0, 0.05) is 7.11 Å². The molecule has 90 valence electrons. The summed E-state index contributed by atoms with van der Waals surface area (Å²) in [5.41, 5.74) is -0.404. The largest absolute Gasteiger partial charge is 0.507 e. The molecule has 0 bridgehead atoms. The van der Waals surface area contributed by atoms with E-state index in [0.29, 0.717) is 11.1 Å². The average molecular weight is 348 g/mol. The molecule has 0 fully saturated rings. The van der Waals surface area contributed by atoms with Crippen molar-refractivity contribution in [3.05, 3.63) is 32.2 Å². The molecule has 0 atom stereocenters. The zero-order chi connectivity index (χ0) is 12.4. The van der Waals surface area contributed by atoms with Gasteiger partial charge in [-0.1, -0.05) is 0 Å². The lowest BCUT2D eigenvalue weighted by molar-refractivity contribution is 0.0508. The van der Waals surface area contributed by atoms with Crippen LogP contribution in [0.15, 0.2) is 27.4 Å².